The maximum Gasteiger partial charge on any atom is 0.0705 e. The molecule has 3 rings (SSSR count). The van der Waals surface area contributed by atoms with E-state index >= 15 is 0 Å². The molecule has 0 radical (unpaired) electrons. The number of para-hydroxylation sites is 1. The van der Waals surface area contributed by atoms with Gasteiger partial charge in [0.15, 0.2) is 0 Å². The Kier molecular flexibility index (Phi) is 4.54. The van der Waals surface area contributed by atoms with Crippen LogP contribution in [0.1, 0.15) is 44.7 Å². The molecular weight excluding hydrogens is 258 g/mol. The quantitative estimate of drug-likeness (QED) is 0.904. The summed E-state index contributed by atoms with van der Waals surface area (Å²) in [5.74, 6) is 1.17. The van der Waals surface area contributed by atoms with E-state index in [1.54, 1.807) is 0 Å². The van der Waals surface area contributed by atoms with Gasteiger partial charge in [-0.2, -0.15) is 0 Å². The third-order valence-corrected chi connectivity index (χ3v) is 4.88. The molecule has 1 heterocycles. The van der Waals surface area contributed by atoms with Gasteiger partial charge in [0.1, 0.15) is 0 Å². The van der Waals surface area contributed by atoms with Crippen LogP contribution in [0, 0.1) is 11.8 Å². The molecule has 1 fully saturated rings. The van der Waals surface area contributed by atoms with Gasteiger partial charge in [-0.1, -0.05) is 44.0 Å². The number of aromatic nitrogens is 1. The van der Waals surface area contributed by atoms with Crippen LogP contribution >= 0.6 is 0 Å². The van der Waals surface area contributed by atoms with Crippen LogP contribution in [0.5, 0.6) is 0 Å². The van der Waals surface area contributed by atoms with Gasteiger partial charge in [0.25, 0.3) is 0 Å². The molecule has 2 aromatic rings. The molecule has 2 heteroatoms. The lowest BCUT2D eigenvalue weighted by Gasteiger charge is -2.33. The van der Waals surface area contributed by atoms with Crippen LogP contribution in [0.4, 0.5) is 0 Å². The molecular formula is C19H25NO. The van der Waals surface area contributed by atoms with Crippen molar-refractivity contribution in [1.82, 2.24) is 4.98 Å². The topological polar surface area (TPSA) is 33.1 Å². The highest BCUT2D eigenvalue weighted by Gasteiger charge is 2.29. The van der Waals surface area contributed by atoms with E-state index < -0.39 is 0 Å². The number of rotatable bonds is 4. The van der Waals surface area contributed by atoms with Crippen molar-refractivity contribution in [2.45, 2.75) is 51.6 Å². The molecule has 1 aliphatic rings. The first-order valence-electron chi connectivity index (χ1n) is 8.29. The first-order chi connectivity index (χ1) is 10.3. The predicted molar refractivity (Wildman–Crippen MR) is 87.2 cm³/mol. The maximum atomic E-state index is 10.3. The van der Waals surface area contributed by atoms with Crippen molar-refractivity contribution in [2.24, 2.45) is 11.8 Å². The molecule has 0 amide bonds. The maximum absolute atomic E-state index is 10.3. The lowest BCUT2D eigenvalue weighted by Crippen LogP contribution is -2.30. The zero-order chi connectivity index (χ0) is 14.7. The summed E-state index contributed by atoms with van der Waals surface area (Å²) in [6.07, 6.45) is 6.62. The SMILES string of the molecule is CCCC1CCC(O)C(Cc2ccc3ccccc3n2)C1. The Balaban J connectivity index is 1.73. The van der Waals surface area contributed by atoms with E-state index in [1.807, 2.05) is 12.1 Å². The molecule has 0 saturated heterocycles. The summed E-state index contributed by atoms with van der Waals surface area (Å²) < 4.78 is 0. The van der Waals surface area contributed by atoms with Crippen molar-refractivity contribution in [3.8, 4) is 0 Å². The molecule has 112 valence electrons. The van der Waals surface area contributed by atoms with Crippen LogP contribution in [0.3, 0.4) is 0 Å². The van der Waals surface area contributed by atoms with Gasteiger partial charge in [-0.05, 0) is 49.7 Å². The Morgan fingerprint density at radius 3 is 2.86 bits per heavy atom. The predicted octanol–water partition coefficient (Wildman–Crippen LogP) is 4.35. The number of aliphatic hydroxyl groups excluding tert-OH is 1. The van der Waals surface area contributed by atoms with Gasteiger partial charge in [-0.25, -0.2) is 0 Å². The molecule has 1 N–H and O–H groups in total. The highest BCUT2D eigenvalue weighted by molar-refractivity contribution is 5.78. The van der Waals surface area contributed by atoms with Gasteiger partial charge in [0.2, 0.25) is 0 Å². The number of aliphatic hydroxyl groups is 1. The summed E-state index contributed by atoms with van der Waals surface area (Å²) in [6, 6.07) is 12.5. The first kappa shape index (κ1) is 14.5. The van der Waals surface area contributed by atoms with E-state index in [-0.39, 0.29) is 6.10 Å². The van der Waals surface area contributed by atoms with Crippen LogP contribution in [0.15, 0.2) is 36.4 Å². The first-order valence-corrected chi connectivity index (χ1v) is 8.29. The van der Waals surface area contributed by atoms with Gasteiger partial charge in [-0.15, -0.1) is 0 Å². The Morgan fingerprint density at radius 1 is 1.14 bits per heavy atom. The highest BCUT2D eigenvalue weighted by atomic mass is 16.3. The molecule has 1 aliphatic carbocycles. The Labute approximate surface area is 127 Å². The van der Waals surface area contributed by atoms with Crippen LogP contribution in [-0.4, -0.2) is 16.2 Å². The second-order valence-corrected chi connectivity index (χ2v) is 6.49. The van der Waals surface area contributed by atoms with Crippen LogP contribution < -0.4 is 0 Å². The van der Waals surface area contributed by atoms with Crippen molar-refractivity contribution in [3.63, 3.8) is 0 Å². The van der Waals surface area contributed by atoms with Gasteiger partial charge in [0.05, 0.1) is 11.6 Å². The molecule has 21 heavy (non-hydrogen) atoms. The molecule has 1 saturated carbocycles. The molecule has 1 aromatic carbocycles. The standard InChI is InChI=1S/C19H25NO/c1-2-5-14-8-11-19(21)16(12-14)13-17-10-9-15-6-3-4-7-18(15)20-17/h3-4,6-7,9-10,14,16,19,21H,2,5,8,11-13H2,1H3. The van der Waals surface area contributed by atoms with E-state index in [0.717, 1.165) is 36.4 Å². The third kappa shape index (κ3) is 3.44. The van der Waals surface area contributed by atoms with E-state index in [0.29, 0.717) is 5.92 Å². The fraction of sp³-hybridized carbons (Fsp3) is 0.526. The molecule has 0 spiro atoms. The summed E-state index contributed by atoms with van der Waals surface area (Å²) in [5, 5.41) is 11.5. The van der Waals surface area contributed by atoms with Crippen molar-refractivity contribution < 1.29 is 5.11 Å². The Bertz CT molecular complexity index is 595. The number of benzene rings is 1. The largest absolute Gasteiger partial charge is 0.393 e. The summed E-state index contributed by atoms with van der Waals surface area (Å²) in [6.45, 7) is 2.25. The zero-order valence-electron chi connectivity index (χ0n) is 12.8. The minimum atomic E-state index is -0.147. The fourth-order valence-electron chi connectivity index (χ4n) is 3.73. The molecule has 2 nitrogen and oxygen atoms in total. The average molecular weight is 283 g/mol. The van der Waals surface area contributed by atoms with Crippen molar-refractivity contribution >= 4 is 10.9 Å². The van der Waals surface area contributed by atoms with Crippen molar-refractivity contribution in [3.05, 3.63) is 42.1 Å². The Morgan fingerprint density at radius 2 is 2.00 bits per heavy atom. The van der Waals surface area contributed by atoms with E-state index in [9.17, 15) is 5.11 Å². The third-order valence-electron chi connectivity index (χ3n) is 4.88. The minimum Gasteiger partial charge on any atom is -0.393 e. The molecule has 1 aromatic heterocycles. The van der Waals surface area contributed by atoms with Gasteiger partial charge >= 0.3 is 0 Å². The van der Waals surface area contributed by atoms with Crippen molar-refractivity contribution in [1.29, 1.82) is 0 Å². The van der Waals surface area contributed by atoms with Gasteiger partial charge in [-0.3, -0.25) is 4.98 Å². The summed E-state index contributed by atoms with van der Waals surface area (Å²) in [4.78, 5) is 4.76. The molecule has 3 unspecified atom stereocenters. The number of nitrogens with zero attached hydrogens (tertiary/aromatic N) is 1. The summed E-state index contributed by atoms with van der Waals surface area (Å²) in [7, 11) is 0. The van der Waals surface area contributed by atoms with Crippen LogP contribution in [-0.2, 0) is 6.42 Å². The van der Waals surface area contributed by atoms with Crippen LogP contribution in [0.2, 0.25) is 0 Å². The Hall–Kier alpha value is -1.41. The monoisotopic (exact) mass is 283 g/mol. The number of pyridine rings is 1. The zero-order valence-corrected chi connectivity index (χ0v) is 12.8. The second-order valence-electron chi connectivity index (χ2n) is 6.49. The van der Waals surface area contributed by atoms with E-state index in [2.05, 4.69) is 31.2 Å². The lowest BCUT2D eigenvalue weighted by molar-refractivity contribution is 0.0458. The van der Waals surface area contributed by atoms with E-state index in [1.165, 1.54) is 24.6 Å². The molecule has 0 aliphatic heterocycles. The molecule has 3 atom stereocenters. The smallest absolute Gasteiger partial charge is 0.0705 e. The minimum absolute atomic E-state index is 0.147. The number of hydrogen-bond acceptors (Lipinski definition) is 2. The fourth-order valence-corrected chi connectivity index (χ4v) is 3.73. The van der Waals surface area contributed by atoms with Crippen LogP contribution in [0.25, 0.3) is 10.9 Å². The van der Waals surface area contributed by atoms with Gasteiger partial charge < -0.3 is 5.11 Å². The van der Waals surface area contributed by atoms with Gasteiger partial charge in [0, 0.05) is 11.1 Å². The van der Waals surface area contributed by atoms with Crippen molar-refractivity contribution in [2.75, 3.05) is 0 Å². The number of hydrogen-bond donors (Lipinski definition) is 1. The number of fused-ring (bicyclic) bond motifs is 1. The molecule has 0 bridgehead atoms. The highest BCUT2D eigenvalue weighted by Crippen LogP contribution is 2.34. The lowest BCUT2D eigenvalue weighted by atomic mass is 9.76. The summed E-state index contributed by atoms with van der Waals surface area (Å²) in [5.41, 5.74) is 2.18. The average Bonchev–Trinajstić information content (AvgIpc) is 2.51. The summed E-state index contributed by atoms with van der Waals surface area (Å²) >= 11 is 0. The second kappa shape index (κ2) is 6.57. The van der Waals surface area contributed by atoms with E-state index in [4.69, 9.17) is 4.98 Å². The normalized spacial score (nSPS) is 26.1.